The molecule has 0 aromatic rings. The first-order valence-corrected chi connectivity index (χ1v) is 7.92. The summed E-state index contributed by atoms with van der Waals surface area (Å²) in [5, 5.41) is 0. The third kappa shape index (κ3) is 2.64. The first-order chi connectivity index (χ1) is 4.46. The van der Waals surface area contributed by atoms with Crippen LogP contribution in [0.4, 0.5) is 0 Å². The number of rotatable bonds is 3. The van der Waals surface area contributed by atoms with Crippen molar-refractivity contribution < 1.29 is 14.4 Å². The molecule has 0 saturated carbocycles. The fourth-order valence-corrected chi connectivity index (χ4v) is 5.76. The van der Waals surface area contributed by atoms with Crippen LogP contribution in [0.3, 0.4) is 0 Å². The molecule has 0 aliphatic rings. The fraction of sp³-hybridized carbons (Fsp3) is 0.500. The molecule has 0 N–H and O–H groups in total. The van der Waals surface area contributed by atoms with Gasteiger partial charge >= 0.3 is 67.2 Å². The van der Waals surface area contributed by atoms with E-state index >= 15 is 0 Å². The minimum atomic E-state index is -3.06. The molecule has 0 bridgehead atoms. The molecule has 0 saturated heterocycles. The molecular weight excluding hydrogens is 235 g/mol. The molecule has 0 unspecified atom stereocenters. The van der Waals surface area contributed by atoms with E-state index in [0.29, 0.717) is 0 Å². The van der Waals surface area contributed by atoms with Crippen molar-refractivity contribution in [3.8, 4) is 0 Å². The molecule has 4 heteroatoms. The van der Waals surface area contributed by atoms with E-state index in [0.717, 1.165) is 0 Å². The molecule has 10 heavy (non-hydrogen) atoms. The Kier molecular flexibility index (Phi) is 3.86. The van der Waals surface area contributed by atoms with Crippen molar-refractivity contribution in [2.24, 2.45) is 0 Å². The fourth-order valence-electron chi connectivity index (χ4n) is 0.859. The van der Waals surface area contributed by atoms with Crippen LogP contribution in [0, 0.1) is 0 Å². The Hall–Kier alpha value is -0.120. The van der Waals surface area contributed by atoms with Crippen molar-refractivity contribution >= 4 is 32.1 Å². The molecule has 0 amide bonds. The van der Waals surface area contributed by atoms with Gasteiger partial charge in [0.25, 0.3) is 0 Å². The van der Waals surface area contributed by atoms with Gasteiger partial charge in [-0.25, -0.2) is 0 Å². The zero-order chi connectivity index (χ0) is 8.31. The Morgan fingerprint density at radius 2 is 1.00 bits per heavy atom. The van der Waals surface area contributed by atoms with Crippen molar-refractivity contribution in [2.45, 2.75) is 20.8 Å². The third-order valence-corrected chi connectivity index (χ3v) is 8.18. The van der Waals surface area contributed by atoms with Crippen LogP contribution >= 0.6 is 0 Å². The van der Waals surface area contributed by atoms with Crippen molar-refractivity contribution in [3.63, 3.8) is 0 Å². The van der Waals surface area contributed by atoms with Gasteiger partial charge in [0.2, 0.25) is 0 Å². The quantitative estimate of drug-likeness (QED) is 0.694. The SMILES string of the molecule is C[C](=O)[In]([C](C)=O)[C](C)=O. The van der Waals surface area contributed by atoms with E-state index < -0.39 is 21.4 Å². The summed E-state index contributed by atoms with van der Waals surface area (Å²) in [5.74, 6) is 0. The van der Waals surface area contributed by atoms with Crippen molar-refractivity contribution in [2.75, 3.05) is 0 Å². The first-order valence-electron chi connectivity index (χ1n) is 2.98. The van der Waals surface area contributed by atoms with Crippen LogP contribution in [0.25, 0.3) is 0 Å². The number of hydrogen-bond acceptors (Lipinski definition) is 3. The third-order valence-electron chi connectivity index (χ3n) is 1.22. The van der Waals surface area contributed by atoms with Gasteiger partial charge in [0.15, 0.2) is 0 Å². The summed E-state index contributed by atoms with van der Waals surface area (Å²) in [6.45, 7) is 4.01. The normalized spacial score (nSPS) is 8.70. The average molecular weight is 244 g/mol. The molecule has 0 fully saturated rings. The van der Waals surface area contributed by atoms with Gasteiger partial charge in [-0.05, 0) is 0 Å². The van der Waals surface area contributed by atoms with Crippen LogP contribution in [-0.4, -0.2) is 32.1 Å². The Bertz CT molecular complexity index is 152. The zero-order valence-electron chi connectivity index (χ0n) is 6.30. The van der Waals surface area contributed by atoms with Gasteiger partial charge in [-0.3, -0.25) is 0 Å². The Balaban J connectivity index is 4.43. The van der Waals surface area contributed by atoms with Crippen LogP contribution < -0.4 is 0 Å². The van der Waals surface area contributed by atoms with E-state index in [-0.39, 0.29) is 10.6 Å². The molecule has 0 rings (SSSR count). The molecule has 0 radical (unpaired) electrons. The standard InChI is InChI=1S/3C2H3O.In/c3*1-2-3;/h3*1H3;. The van der Waals surface area contributed by atoms with E-state index in [1.54, 1.807) is 0 Å². The number of hydrogen-bond donors (Lipinski definition) is 0. The molecular formula is C6H9InO3. The zero-order valence-corrected chi connectivity index (χ0v) is 9.60. The maximum atomic E-state index is 10.7. The van der Waals surface area contributed by atoms with E-state index in [2.05, 4.69) is 0 Å². The summed E-state index contributed by atoms with van der Waals surface area (Å²) in [6, 6.07) is 0. The van der Waals surface area contributed by atoms with Gasteiger partial charge in [0.05, 0.1) is 0 Å². The van der Waals surface area contributed by atoms with Crippen LogP contribution in [0.2, 0.25) is 0 Å². The molecule has 0 spiro atoms. The van der Waals surface area contributed by atoms with Crippen LogP contribution in [-0.2, 0) is 14.4 Å². The van der Waals surface area contributed by atoms with Gasteiger partial charge in [0.1, 0.15) is 0 Å². The monoisotopic (exact) mass is 244 g/mol. The predicted molar refractivity (Wildman–Crippen MR) is 37.8 cm³/mol. The summed E-state index contributed by atoms with van der Waals surface area (Å²) >= 11 is -3.06. The summed E-state index contributed by atoms with van der Waals surface area (Å²) < 4.78 is -0.495. The molecule has 0 aliphatic carbocycles. The Morgan fingerprint density at radius 1 is 0.800 bits per heavy atom. The van der Waals surface area contributed by atoms with E-state index in [9.17, 15) is 14.4 Å². The van der Waals surface area contributed by atoms with Crippen molar-refractivity contribution in [1.82, 2.24) is 0 Å². The van der Waals surface area contributed by atoms with Gasteiger partial charge in [-0.15, -0.1) is 0 Å². The second-order valence-electron chi connectivity index (χ2n) is 2.26. The van der Waals surface area contributed by atoms with Crippen LogP contribution in [0.15, 0.2) is 0 Å². The molecule has 54 valence electrons. The van der Waals surface area contributed by atoms with E-state index in [1.807, 2.05) is 0 Å². The van der Waals surface area contributed by atoms with Crippen LogP contribution in [0.5, 0.6) is 0 Å². The molecule has 0 aromatic heterocycles. The predicted octanol–water partition coefficient (Wildman–Crippen LogP) is -0.134. The topological polar surface area (TPSA) is 51.2 Å². The summed E-state index contributed by atoms with van der Waals surface area (Å²) in [6.07, 6.45) is 0. The second-order valence-corrected chi connectivity index (χ2v) is 11.7. The molecule has 0 aromatic carbocycles. The number of carbonyl (C=O) groups excluding carboxylic acids is 3. The Labute approximate surface area is 67.3 Å². The summed E-state index contributed by atoms with van der Waals surface area (Å²) in [5.41, 5.74) is 0. The van der Waals surface area contributed by atoms with Gasteiger partial charge < -0.3 is 0 Å². The van der Waals surface area contributed by atoms with Gasteiger partial charge in [0, 0.05) is 0 Å². The van der Waals surface area contributed by atoms with E-state index in [4.69, 9.17) is 0 Å². The molecule has 0 aliphatic heterocycles. The second kappa shape index (κ2) is 3.91. The summed E-state index contributed by atoms with van der Waals surface area (Å²) in [4.78, 5) is 32.0. The molecule has 0 atom stereocenters. The van der Waals surface area contributed by atoms with Crippen molar-refractivity contribution in [1.29, 1.82) is 0 Å². The Morgan fingerprint density at radius 3 is 1.00 bits per heavy atom. The van der Waals surface area contributed by atoms with E-state index in [1.165, 1.54) is 20.8 Å². The molecule has 3 nitrogen and oxygen atoms in total. The maximum absolute atomic E-state index is 10.7. The molecule has 0 heterocycles. The van der Waals surface area contributed by atoms with Gasteiger partial charge in [-0.1, -0.05) is 0 Å². The van der Waals surface area contributed by atoms with Crippen LogP contribution in [0.1, 0.15) is 20.8 Å². The average Bonchev–Trinajstić information content (AvgIpc) is 1.59. The first kappa shape index (κ1) is 9.88. The minimum absolute atomic E-state index is 0.165. The summed E-state index contributed by atoms with van der Waals surface area (Å²) in [7, 11) is 0. The van der Waals surface area contributed by atoms with Gasteiger partial charge in [-0.2, -0.15) is 0 Å². The number of carbonyl (C=O) groups is 3. The van der Waals surface area contributed by atoms with Crippen molar-refractivity contribution in [3.05, 3.63) is 0 Å².